The number of hydrogen-bond donors (Lipinski definition) is 1. The quantitative estimate of drug-likeness (QED) is 0.227. The van der Waals surface area contributed by atoms with Crippen LogP contribution in [0, 0.1) is 0 Å². The second-order valence-electron chi connectivity index (χ2n) is 10.1. The van der Waals surface area contributed by atoms with Gasteiger partial charge in [0.1, 0.15) is 5.75 Å². The van der Waals surface area contributed by atoms with Crippen molar-refractivity contribution in [1.29, 1.82) is 0 Å². The van der Waals surface area contributed by atoms with Crippen molar-refractivity contribution in [1.82, 2.24) is 4.57 Å². The molecule has 6 nitrogen and oxygen atoms in total. The van der Waals surface area contributed by atoms with Gasteiger partial charge in [0.2, 0.25) is 5.91 Å². The van der Waals surface area contributed by atoms with Crippen molar-refractivity contribution in [3.8, 4) is 17.2 Å². The van der Waals surface area contributed by atoms with Crippen LogP contribution in [0.2, 0.25) is 0 Å². The van der Waals surface area contributed by atoms with Gasteiger partial charge in [-0.2, -0.15) is 0 Å². The molecule has 1 N–H and O–H groups in total. The van der Waals surface area contributed by atoms with Gasteiger partial charge < -0.3 is 24.1 Å². The zero-order valence-corrected chi connectivity index (χ0v) is 22.7. The van der Waals surface area contributed by atoms with E-state index in [1.165, 1.54) is 11.1 Å². The molecule has 0 aliphatic carbocycles. The van der Waals surface area contributed by atoms with Gasteiger partial charge in [-0.15, -0.1) is 0 Å². The molecular formula is C34H32N2O4. The molecule has 1 atom stereocenters. The summed E-state index contributed by atoms with van der Waals surface area (Å²) in [6.45, 7) is 1.27. The molecule has 40 heavy (non-hydrogen) atoms. The van der Waals surface area contributed by atoms with Crippen LogP contribution in [0.1, 0.15) is 34.6 Å². The molecule has 0 bridgehead atoms. The summed E-state index contributed by atoms with van der Waals surface area (Å²) in [6.07, 6.45) is 3.32. The summed E-state index contributed by atoms with van der Waals surface area (Å²) < 4.78 is 19.4. The second kappa shape index (κ2) is 11.2. The van der Waals surface area contributed by atoms with Crippen LogP contribution in [0.15, 0.2) is 97.2 Å². The summed E-state index contributed by atoms with van der Waals surface area (Å²) in [6, 6.07) is 30.6. The molecule has 1 amide bonds. The van der Waals surface area contributed by atoms with Gasteiger partial charge in [-0.1, -0.05) is 54.6 Å². The van der Waals surface area contributed by atoms with Crippen LogP contribution >= 0.6 is 0 Å². The van der Waals surface area contributed by atoms with Crippen LogP contribution in [0.25, 0.3) is 10.9 Å². The van der Waals surface area contributed by atoms with E-state index in [1.54, 1.807) is 14.2 Å². The molecule has 0 radical (unpaired) electrons. The Morgan fingerprint density at radius 2 is 1.68 bits per heavy atom. The molecule has 5 aromatic rings. The van der Waals surface area contributed by atoms with Crippen molar-refractivity contribution in [2.75, 3.05) is 26.1 Å². The van der Waals surface area contributed by atoms with Gasteiger partial charge >= 0.3 is 0 Å². The molecule has 0 fully saturated rings. The Morgan fingerprint density at radius 3 is 2.45 bits per heavy atom. The topological polar surface area (TPSA) is 61.7 Å². The van der Waals surface area contributed by atoms with Gasteiger partial charge in [0.25, 0.3) is 0 Å². The average molecular weight is 533 g/mol. The number of methoxy groups -OCH3 is 2. The first-order chi connectivity index (χ1) is 19.6. The summed E-state index contributed by atoms with van der Waals surface area (Å²) in [7, 11) is 3.32. The molecule has 1 aliphatic heterocycles. The fourth-order valence-electron chi connectivity index (χ4n) is 5.55. The highest BCUT2D eigenvalue weighted by Gasteiger charge is 2.28. The first-order valence-electron chi connectivity index (χ1n) is 13.5. The Labute approximate surface area is 234 Å². The molecule has 202 valence electrons. The number of ether oxygens (including phenoxy) is 3. The van der Waals surface area contributed by atoms with Gasteiger partial charge in [0.05, 0.1) is 32.0 Å². The Balaban J connectivity index is 1.29. The van der Waals surface area contributed by atoms with Gasteiger partial charge in [0.15, 0.2) is 11.5 Å². The highest BCUT2D eigenvalue weighted by Crippen LogP contribution is 2.43. The van der Waals surface area contributed by atoms with E-state index in [9.17, 15) is 4.79 Å². The van der Waals surface area contributed by atoms with Crippen LogP contribution in [0.4, 0.5) is 5.69 Å². The first kappa shape index (κ1) is 25.6. The lowest BCUT2D eigenvalue weighted by atomic mass is 9.88. The van der Waals surface area contributed by atoms with Crippen LogP contribution in [0.5, 0.6) is 17.2 Å². The van der Waals surface area contributed by atoms with Crippen molar-refractivity contribution >= 4 is 22.5 Å². The van der Waals surface area contributed by atoms with Gasteiger partial charge in [-0.05, 0) is 58.7 Å². The Kier molecular flexibility index (Phi) is 7.15. The Morgan fingerprint density at radius 1 is 0.850 bits per heavy atom. The fourth-order valence-corrected chi connectivity index (χ4v) is 5.55. The van der Waals surface area contributed by atoms with Crippen LogP contribution < -0.4 is 19.5 Å². The van der Waals surface area contributed by atoms with Gasteiger partial charge in [0, 0.05) is 36.9 Å². The number of nitrogens with zero attached hydrogens (tertiary/aromatic N) is 1. The maximum Gasteiger partial charge on any atom is 0.225 e. The van der Waals surface area contributed by atoms with Gasteiger partial charge in [-0.25, -0.2) is 0 Å². The van der Waals surface area contributed by atoms with E-state index in [1.807, 2.05) is 54.6 Å². The van der Waals surface area contributed by atoms with E-state index in [0.717, 1.165) is 46.4 Å². The summed E-state index contributed by atoms with van der Waals surface area (Å²) in [5, 5.41) is 4.23. The molecule has 0 saturated heterocycles. The fraction of sp³-hybridized carbons (Fsp3) is 0.206. The first-order valence-corrected chi connectivity index (χ1v) is 13.5. The summed E-state index contributed by atoms with van der Waals surface area (Å²) in [5.74, 6) is 2.06. The summed E-state index contributed by atoms with van der Waals surface area (Å²) in [4.78, 5) is 13.0. The van der Waals surface area contributed by atoms with Gasteiger partial charge in [-0.3, -0.25) is 4.79 Å². The highest BCUT2D eigenvalue weighted by atomic mass is 16.5. The molecule has 6 rings (SSSR count). The lowest BCUT2D eigenvalue weighted by molar-refractivity contribution is -0.116. The van der Waals surface area contributed by atoms with Crippen molar-refractivity contribution < 1.29 is 19.0 Å². The maximum atomic E-state index is 13.0. The molecule has 1 aliphatic rings. The second-order valence-corrected chi connectivity index (χ2v) is 10.1. The van der Waals surface area contributed by atoms with E-state index < -0.39 is 0 Å². The SMILES string of the molecule is COc1ccc(CCOc2ccc(C3CC(=O)Nc4cccc5c4c3cn5Cc3ccccc3)cc2OC)cc1. The number of anilines is 1. The number of aromatic nitrogens is 1. The Bertz CT molecular complexity index is 1640. The number of nitrogens with one attached hydrogen (secondary N) is 1. The minimum Gasteiger partial charge on any atom is -0.497 e. The van der Waals surface area contributed by atoms with Crippen molar-refractivity contribution in [2.24, 2.45) is 0 Å². The minimum absolute atomic E-state index is 0.00194. The number of hydrogen-bond acceptors (Lipinski definition) is 4. The maximum absolute atomic E-state index is 13.0. The number of carbonyl (C=O) groups excluding carboxylic acids is 1. The third-order valence-corrected chi connectivity index (χ3v) is 7.57. The third-order valence-electron chi connectivity index (χ3n) is 7.57. The zero-order valence-electron chi connectivity index (χ0n) is 22.7. The largest absolute Gasteiger partial charge is 0.497 e. The van der Waals surface area contributed by atoms with E-state index in [0.29, 0.717) is 24.5 Å². The molecule has 2 heterocycles. The summed E-state index contributed by atoms with van der Waals surface area (Å²) in [5.41, 5.74) is 6.52. The molecule has 1 unspecified atom stereocenters. The predicted molar refractivity (Wildman–Crippen MR) is 158 cm³/mol. The lowest BCUT2D eigenvalue weighted by Crippen LogP contribution is -2.14. The Hall–Kier alpha value is -4.71. The predicted octanol–water partition coefficient (Wildman–Crippen LogP) is 6.80. The zero-order chi connectivity index (χ0) is 27.5. The van der Waals surface area contributed by atoms with Crippen LogP contribution in [0.3, 0.4) is 0 Å². The molecular weight excluding hydrogens is 500 g/mol. The number of rotatable bonds is 9. The van der Waals surface area contributed by atoms with Crippen LogP contribution in [-0.4, -0.2) is 31.3 Å². The smallest absolute Gasteiger partial charge is 0.225 e. The molecule has 1 aromatic heterocycles. The molecule has 4 aromatic carbocycles. The normalized spacial score (nSPS) is 14.4. The van der Waals surface area contributed by atoms with E-state index in [2.05, 4.69) is 52.5 Å². The third kappa shape index (κ3) is 5.13. The monoisotopic (exact) mass is 532 g/mol. The number of carbonyl (C=O) groups is 1. The van der Waals surface area contributed by atoms with Crippen molar-refractivity contribution in [2.45, 2.75) is 25.3 Å². The van der Waals surface area contributed by atoms with E-state index in [-0.39, 0.29) is 11.8 Å². The standard InChI is InChI=1S/C34H32N2O4/c1-38-26-14-11-23(12-15-26)17-18-40-31-16-13-25(19-32(31)39-2)27-20-33(37)35-29-9-6-10-30-34(29)28(27)22-36(30)21-24-7-4-3-5-8-24/h3-16,19,22,27H,17-18,20-21H2,1-2H3,(H,35,37). The molecule has 6 heteroatoms. The lowest BCUT2D eigenvalue weighted by Gasteiger charge is -2.18. The highest BCUT2D eigenvalue weighted by molar-refractivity contribution is 6.06. The minimum atomic E-state index is -0.120. The number of amides is 1. The molecule has 0 spiro atoms. The molecule has 0 saturated carbocycles. The van der Waals surface area contributed by atoms with Crippen LogP contribution in [-0.2, 0) is 17.8 Å². The van der Waals surface area contributed by atoms with Crippen molar-refractivity contribution in [3.05, 3.63) is 119 Å². The average Bonchev–Trinajstić information content (AvgIpc) is 3.28. The van der Waals surface area contributed by atoms with E-state index >= 15 is 0 Å². The summed E-state index contributed by atoms with van der Waals surface area (Å²) >= 11 is 0. The number of benzene rings is 4. The van der Waals surface area contributed by atoms with E-state index in [4.69, 9.17) is 14.2 Å². The van der Waals surface area contributed by atoms with Crippen molar-refractivity contribution in [3.63, 3.8) is 0 Å².